The molecule has 1 aliphatic carbocycles. The number of hydrogen-bond donors (Lipinski definition) is 1. The second-order valence-corrected chi connectivity index (χ2v) is 5.52. The van der Waals surface area contributed by atoms with Crippen molar-refractivity contribution >= 4 is 17.6 Å². The first-order valence-electron chi connectivity index (χ1n) is 6.50. The molecule has 1 fully saturated rings. The highest BCUT2D eigenvalue weighted by Crippen LogP contribution is 2.28. The van der Waals surface area contributed by atoms with Gasteiger partial charge in [-0.25, -0.2) is 4.98 Å². The zero-order valence-corrected chi connectivity index (χ0v) is 12.1. The number of ether oxygens (including phenoxy) is 1. The van der Waals surface area contributed by atoms with Crippen molar-refractivity contribution < 1.29 is 4.74 Å². The van der Waals surface area contributed by atoms with E-state index in [-0.39, 0.29) is 0 Å². The number of rotatable bonds is 4. The molecule has 100 valence electrons. The maximum absolute atomic E-state index is 6.05. The molecule has 1 aromatic heterocycles. The van der Waals surface area contributed by atoms with Crippen molar-refractivity contribution in [3.8, 4) is 5.88 Å². The highest BCUT2D eigenvalue weighted by Gasteiger charge is 2.23. The first-order chi connectivity index (χ1) is 8.72. The fourth-order valence-electron chi connectivity index (χ4n) is 2.30. The van der Waals surface area contributed by atoms with Crippen LogP contribution in [0.5, 0.6) is 5.88 Å². The number of nitrogens with one attached hydrogen (secondary N) is 1. The molecule has 4 nitrogen and oxygen atoms in total. The summed E-state index contributed by atoms with van der Waals surface area (Å²) in [5.74, 6) is 2.12. The molecule has 18 heavy (non-hydrogen) atoms. The highest BCUT2D eigenvalue weighted by atomic mass is 32.2. The monoisotopic (exact) mass is 267 g/mol. The van der Waals surface area contributed by atoms with Gasteiger partial charge in [-0.1, -0.05) is 25.1 Å². The van der Waals surface area contributed by atoms with Crippen molar-refractivity contribution in [1.82, 2.24) is 9.97 Å². The lowest BCUT2D eigenvalue weighted by Crippen LogP contribution is -2.28. The summed E-state index contributed by atoms with van der Waals surface area (Å²) in [5, 5.41) is 3.80. The molecule has 0 aliphatic heterocycles. The standard InChI is InChI=1S/C13H21N3OS/c1-9-6-4-5-7-10(9)17-12-8-11(14-2)15-13(16-12)18-3/h8-10H,4-7H2,1-3H3,(H,14,15,16). The van der Waals surface area contributed by atoms with E-state index in [1.54, 1.807) is 0 Å². The van der Waals surface area contributed by atoms with Gasteiger partial charge in [-0.05, 0) is 31.4 Å². The van der Waals surface area contributed by atoms with Gasteiger partial charge in [-0.2, -0.15) is 4.98 Å². The minimum Gasteiger partial charge on any atom is -0.474 e. The summed E-state index contributed by atoms with van der Waals surface area (Å²) in [7, 11) is 1.86. The normalized spacial score (nSPS) is 23.7. The summed E-state index contributed by atoms with van der Waals surface area (Å²) in [6, 6.07) is 1.88. The van der Waals surface area contributed by atoms with Crippen molar-refractivity contribution in [2.75, 3.05) is 18.6 Å². The molecule has 2 rings (SSSR count). The SMILES string of the molecule is CNc1cc(OC2CCCCC2C)nc(SC)n1. The number of anilines is 1. The summed E-state index contributed by atoms with van der Waals surface area (Å²) < 4.78 is 6.05. The van der Waals surface area contributed by atoms with Gasteiger partial charge in [0.1, 0.15) is 11.9 Å². The Balaban J connectivity index is 2.12. The second kappa shape index (κ2) is 6.27. The third kappa shape index (κ3) is 3.28. The van der Waals surface area contributed by atoms with Crippen LogP contribution < -0.4 is 10.1 Å². The Hall–Kier alpha value is -0.970. The highest BCUT2D eigenvalue weighted by molar-refractivity contribution is 7.98. The molecule has 0 amide bonds. The lowest BCUT2D eigenvalue weighted by Gasteiger charge is -2.28. The molecule has 2 atom stereocenters. The Morgan fingerprint density at radius 3 is 2.78 bits per heavy atom. The summed E-state index contributed by atoms with van der Waals surface area (Å²) in [6.07, 6.45) is 7.24. The third-order valence-electron chi connectivity index (χ3n) is 3.43. The summed E-state index contributed by atoms with van der Waals surface area (Å²) >= 11 is 1.53. The molecule has 1 N–H and O–H groups in total. The molecule has 0 spiro atoms. The average molecular weight is 267 g/mol. The van der Waals surface area contributed by atoms with E-state index in [1.165, 1.54) is 31.0 Å². The molecule has 0 bridgehead atoms. The fraction of sp³-hybridized carbons (Fsp3) is 0.692. The molecule has 0 saturated heterocycles. The number of hydrogen-bond acceptors (Lipinski definition) is 5. The van der Waals surface area contributed by atoms with Crippen LogP contribution in [0, 0.1) is 5.92 Å². The van der Waals surface area contributed by atoms with Gasteiger partial charge in [0.05, 0.1) is 0 Å². The molecule has 2 unspecified atom stereocenters. The van der Waals surface area contributed by atoms with Crippen molar-refractivity contribution in [1.29, 1.82) is 0 Å². The lowest BCUT2D eigenvalue weighted by molar-refractivity contribution is 0.0967. The van der Waals surface area contributed by atoms with E-state index in [4.69, 9.17) is 4.74 Å². The van der Waals surface area contributed by atoms with E-state index in [0.717, 1.165) is 17.4 Å². The van der Waals surface area contributed by atoms with Crippen LogP contribution in [-0.2, 0) is 0 Å². The van der Waals surface area contributed by atoms with Gasteiger partial charge in [0, 0.05) is 13.1 Å². The third-order valence-corrected chi connectivity index (χ3v) is 3.97. The summed E-state index contributed by atoms with van der Waals surface area (Å²) in [5.41, 5.74) is 0. The lowest BCUT2D eigenvalue weighted by atomic mass is 9.88. The van der Waals surface area contributed by atoms with E-state index in [2.05, 4.69) is 22.2 Å². The Morgan fingerprint density at radius 2 is 2.11 bits per heavy atom. The van der Waals surface area contributed by atoms with E-state index < -0.39 is 0 Å². The van der Waals surface area contributed by atoms with Crippen LogP contribution in [0.3, 0.4) is 0 Å². The molecule has 0 aromatic carbocycles. The molecular formula is C13H21N3OS. The number of thioether (sulfide) groups is 1. The van der Waals surface area contributed by atoms with Gasteiger partial charge in [0.25, 0.3) is 0 Å². The van der Waals surface area contributed by atoms with Gasteiger partial charge in [0.15, 0.2) is 5.16 Å². The summed E-state index contributed by atoms with van der Waals surface area (Å²) in [6.45, 7) is 2.26. The van der Waals surface area contributed by atoms with Gasteiger partial charge in [-0.3, -0.25) is 0 Å². The maximum Gasteiger partial charge on any atom is 0.219 e. The fourth-order valence-corrected chi connectivity index (χ4v) is 2.67. The molecule has 1 aromatic rings. The molecule has 1 aliphatic rings. The van der Waals surface area contributed by atoms with Crippen molar-refractivity contribution in [2.45, 2.75) is 43.9 Å². The van der Waals surface area contributed by atoms with E-state index in [1.807, 2.05) is 19.4 Å². The predicted molar refractivity (Wildman–Crippen MR) is 75.4 cm³/mol. The van der Waals surface area contributed by atoms with Crippen LogP contribution in [0.2, 0.25) is 0 Å². The molecular weight excluding hydrogens is 246 g/mol. The molecule has 1 heterocycles. The summed E-state index contributed by atoms with van der Waals surface area (Å²) in [4.78, 5) is 8.76. The van der Waals surface area contributed by atoms with Crippen molar-refractivity contribution in [3.05, 3.63) is 6.07 Å². The Labute approximate surface area is 113 Å². The van der Waals surface area contributed by atoms with E-state index in [9.17, 15) is 0 Å². The van der Waals surface area contributed by atoms with Crippen molar-refractivity contribution in [2.24, 2.45) is 5.92 Å². The quantitative estimate of drug-likeness (QED) is 0.670. The predicted octanol–water partition coefficient (Wildman–Crippen LogP) is 3.20. The van der Waals surface area contributed by atoms with Gasteiger partial charge < -0.3 is 10.1 Å². The molecule has 0 radical (unpaired) electrons. The topological polar surface area (TPSA) is 47.0 Å². The van der Waals surface area contributed by atoms with Gasteiger partial charge >= 0.3 is 0 Å². The smallest absolute Gasteiger partial charge is 0.219 e. The Kier molecular flexibility index (Phi) is 4.69. The average Bonchev–Trinajstić information content (AvgIpc) is 2.41. The number of aromatic nitrogens is 2. The van der Waals surface area contributed by atoms with Gasteiger partial charge in [0.2, 0.25) is 5.88 Å². The Bertz CT molecular complexity index is 378. The largest absolute Gasteiger partial charge is 0.474 e. The van der Waals surface area contributed by atoms with E-state index in [0.29, 0.717) is 17.9 Å². The zero-order chi connectivity index (χ0) is 13.0. The van der Waals surface area contributed by atoms with E-state index >= 15 is 0 Å². The minimum atomic E-state index is 0.299. The van der Waals surface area contributed by atoms with Crippen LogP contribution in [0.25, 0.3) is 0 Å². The maximum atomic E-state index is 6.05. The Morgan fingerprint density at radius 1 is 1.33 bits per heavy atom. The van der Waals surface area contributed by atoms with Gasteiger partial charge in [-0.15, -0.1) is 0 Å². The van der Waals surface area contributed by atoms with Crippen LogP contribution in [-0.4, -0.2) is 29.4 Å². The van der Waals surface area contributed by atoms with Crippen LogP contribution in [0.1, 0.15) is 32.6 Å². The second-order valence-electron chi connectivity index (χ2n) is 4.75. The first kappa shape index (κ1) is 13.5. The van der Waals surface area contributed by atoms with Crippen LogP contribution in [0.15, 0.2) is 11.2 Å². The van der Waals surface area contributed by atoms with Crippen LogP contribution >= 0.6 is 11.8 Å². The number of nitrogens with zero attached hydrogens (tertiary/aromatic N) is 2. The van der Waals surface area contributed by atoms with Crippen LogP contribution in [0.4, 0.5) is 5.82 Å². The minimum absolute atomic E-state index is 0.299. The first-order valence-corrected chi connectivity index (χ1v) is 7.73. The van der Waals surface area contributed by atoms with Crippen molar-refractivity contribution in [3.63, 3.8) is 0 Å². The zero-order valence-electron chi connectivity index (χ0n) is 11.3. The molecule has 5 heteroatoms. The molecule has 1 saturated carbocycles.